The van der Waals surface area contributed by atoms with Crippen molar-refractivity contribution in [3.8, 4) is 0 Å². The molecule has 6 heteroatoms. The third kappa shape index (κ3) is 2.16. The summed E-state index contributed by atoms with van der Waals surface area (Å²) in [5, 5.41) is 14.0. The van der Waals surface area contributed by atoms with E-state index in [2.05, 4.69) is 5.10 Å². The highest BCUT2D eigenvalue weighted by Crippen LogP contribution is 2.31. The van der Waals surface area contributed by atoms with Crippen molar-refractivity contribution in [1.29, 1.82) is 0 Å². The number of fused-ring (bicyclic) bond motifs is 1. The highest BCUT2D eigenvalue weighted by Gasteiger charge is 2.33. The van der Waals surface area contributed by atoms with Crippen molar-refractivity contribution in [2.75, 3.05) is 18.9 Å². The summed E-state index contributed by atoms with van der Waals surface area (Å²) in [5.74, 6) is 0.190. The van der Waals surface area contributed by atoms with Crippen molar-refractivity contribution < 1.29 is 9.90 Å². The molecule has 1 aromatic carbocycles. The Morgan fingerprint density at radius 3 is 2.82 bits per heavy atom. The minimum Gasteiger partial charge on any atom is -0.394 e. The number of carbonyl (C=O) groups excluding carboxylic acids is 1. The van der Waals surface area contributed by atoms with Gasteiger partial charge in [-0.15, -0.1) is 0 Å². The Kier molecular flexibility index (Phi) is 3.62. The average molecular weight is 300 g/mol. The van der Waals surface area contributed by atoms with Crippen LogP contribution in [0.3, 0.4) is 0 Å². The molecule has 2 aromatic rings. The molecule has 0 bridgehead atoms. The summed E-state index contributed by atoms with van der Waals surface area (Å²) in [5.41, 5.74) is 9.21. The van der Waals surface area contributed by atoms with Gasteiger partial charge >= 0.3 is 0 Å². The van der Waals surface area contributed by atoms with Crippen LogP contribution in [0.2, 0.25) is 0 Å². The molecular weight excluding hydrogens is 280 g/mol. The smallest absolute Gasteiger partial charge is 0.260 e. The number of benzene rings is 1. The van der Waals surface area contributed by atoms with Gasteiger partial charge in [0.05, 0.1) is 18.3 Å². The molecule has 0 fully saturated rings. The quantitative estimate of drug-likeness (QED) is 0.868. The van der Waals surface area contributed by atoms with Gasteiger partial charge in [0.2, 0.25) is 0 Å². The Bertz CT molecular complexity index is 723. The largest absolute Gasteiger partial charge is 0.394 e. The molecule has 22 heavy (non-hydrogen) atoms. The Morgan fingerprint density at radius 1 is 1.45 bits per heavy atom. The Balaban J connectivity index is 2.00. The second-order valence-corrected chi connectivity index (χ2v) is 5.61. The van der Waals surface area contributed by atoms with Crippen LogP contribution in [0, 0.1) is 6.92 Å². The lowest BCUT2D eigenvalue weighted by Crippen LogP contribution is -2.42. The van der Waals surface area contributed by atoms with Gasteiger partial charge in [0.15, 0.2) is 0 Å². The number of anilines is 1. The summed E-state index contributed by atoms with van der Waals surface area (Å²) in [6.45, 7) is 2.23. The van der Waals surface area contributed by atoms with Gasteiger partial charge in [-0.25, -0.2) is 0 Å². The molecule has 1 aliphatic heterocycles. The normalized spacial score (nSPS) is 17.4. The van der Waals surface area contributed by atoms with Gasteiger partial charge in [-0.05, 0) is 24.5 Å². The molecule has 1 atom stereocenters. The number of nitrogens with zero attached hydrogens (tertiary/aromatic N) is 3. The first-order chi connectivity index (χ1) is 10.5. The first-order valence-corrected chi connectivity index (χ1v) is 7.33. The Hall–Kier alpha value is -2.34. The second kappa shape index (κ2) is 5.46. The zero-order valence-corrected chi connectivity index (χ0v) is 12.8. The number of carbonyl (C=O) groups is 1. The van der Waals surface area contributed by atoms with E-state index in [1.165, 1.54) is 10.2 Å². The summed E-state index contributed by atoms with van der Waals surface area (Å²) in [7, 11) is 1.72. The molecule has 6 nitrogen and oxygen atoms in total. The minimum absolute atomic E-state index is 0.109. The van der Waals surface area contributed by atoms with E-state index in [9.17, 15) is 9.90 Å². The number of rotatable bonds is 2. The molecule has 3 N–H and O–H groups in total. The average Bonchev–Trinajstić information content (AvgIpc) is 2.78. The summed E-state index contributed by atoms with van der Waals surface area (Å²) < 4.78 is 1.51. The maximum absolute atomic E-state index is 12.9. The van der Waals surface area contributed by atoms with Crippen LogP contribution >= 0.6 is 0 Å². The van der Waals surface area contributed by atoms with Crippen molar-refractivity contribution in [2.45, 2.75) is 19.4 Å². The number of aromatic nitrogens is 2. The fraction of sp³-hybridized carbons (Fsp3) is 0.375. The summed E-state index contributed by atoms with van der Waals surface area (Å²) in [6.07, 6.45) is 0.775. The van der Waals surface area contributed by atoms with Crippen molar-refractivity contribution >= 4 is 11.7 Å². The van der Waals surface area contributed by atoms with E-state index in [1.807, 2.05) is 24.3 Å². The summed E-state index contributed by atoms with van der Waals surface area (Å²) in [6, 6.07) is 7.59. The number of aliphatic hydroxyl groups is 1. The highest BCUT2D eigenvalue weighted by molar-refractivity contribution is 6.00. The van der Waals surface area contributed by atoms with Crippen LogP contribution in [0.15, 0.2) is 24.3 Å². The lowest BCUT2D eigenvalue weighted by molar-refractivity contribution is 0.0569. The molecule has 0 spiro atoms. The van der Waals surface area contributed by atoms with E-state index in [0.717, 1.165) is 12.0 Å². The lowest BCUT2D eigenvalue weighted by Gasteiger charge is -2.36. The van der Waals surface area contributed by atoms with Crippen LogP contribution in [0.25, 0.3) is 0 Å². The molecule has 0 radical (unpaired) electrons. The third-order valence-electron chi connectivity index (χ3n) is 4.33. The fourth-order valence-electron chi connectivity index (χ4n) is 3.18. The van der Waals surface area contributed by atoms with Gasteiger partial charge in [0, 0.05) is 13.6 Å². The monoisotopic (exact) mass is 300 g/mol. The van der Waals surface area contributed by atoms with E-state index >= 15 is 0 Å². The Labute approximate surface area is 129 Å². The van der Waals surface area contributed by atoms with E-state index in [-0.39, 0.29) is 18.6 Å². The predicted molar refractivity (Wildman–Crippen MR) is 83.4 cm³/mol. The van der Waals surface area contributed by atoms with E-state index in [4.69, 9.17) is 5.73 Å². The van der Waals surface area contributed by atoms with E-state index in [0.29, 0.717) is 23.6 Å². The molecule has 2 heterocycles. The maximum Gasteiger partial charge on any atom is 0.260 e. The number of amides is 1. The van der Waals surface area contributed by atoms with Gasteiger partial charge in [-0.2, -0.15) is 5.10 Å². The molecule has 0 aliphatic carbocycles. The summed E-state index contributed by atoms with van der Waals surface area (Å²) >= 11 is 0. The molecule has 1 unspecified atom stereocenters. The van der Waals surface area contributed by atoms with E-state index in [1.54, 1.807) is 18.9 Å². The molecule has 116 valence electrons. The van der Waals surface area contributed by atoms with Crippen LogP contribution in [-0.2, 0) is 13.5 Å². The number of nitrogens with two attached hydrogens (primary N) is 1. The lowest BCUT2D eigenvalue weighted by atomic mass is 9.92. The zero-order chi connectivity index (χ0) is 15.9. The van der Waals surface area contributed by atoms with Gasteiger partial charge in [-0.1, -0.05) is 24.3 Å². The van der Waals surface area contributed by atoms with Crippen LogP contribution in [0.1, 0.15) is 33.2 Å². The van der Waals surface area contributed by atoms with Crippen LogP contribution in [-0.4, -0.2) is 38.8 Å². The molecular formula is C16H20N4O2. The van der Waals surface area contributed by atoms with E-state index < -0.39 is 0 Å². The number of hydrogen-bond acceptors (Lipinski definition) is 4. The Morgan fingerprint density at radius 2 is 2.18 bits per heavy atom. The van der Waals surface area contributed by atoms with Crippen LogP contribution in [0.5, 0.6) is 0 Å². The number of hydrogen-bond donors (Lipinski definition) is 2. The molecule has 0 saturated heterocycles. The van der Waals surface area contributed by atoms with Gasteiger partial charge in [0.1, 0.15) is 11.4 Å². The second-order valence-electron chi connectivity index (χ2n) is 5.61. The first-order valence-electron chi connectivity index (χ1n) is 7.33. The van der Waals surface area contributed by atoms with Crippen molar-refractivity contribution in [2.24, 2.45) is 7.05 Å². The predicted octanol–water partition coefficient (Wildman–Crippen LogP) is 1.04. The minimum atomic E-state index is -0.337. The van der Waals surface area contributed by atoms with Gasteiger partial charge in [0.25, 0.3) is 5.91 Å². The number of nitrogen functional groups attached to an aromatic ring is 1. The van der Waals surface area contributed by atoms with Gasteiger partial charge in [-0.3, -0.25) is 9.48 Å². The molecule has 3 rings (SSSR count). The van der Waals surface area contributed by atoms with Crippen LogP contribution < -0.4 is 5.73 Å². The summed E-state index contributed by atoms with van der Waals surface area (Å²) in [4.78, 5) is 14.6. The highest BCUT2D eigenvalue weighted by atomic mass is 16.3. The van der Waals surface area contributed by atoms with Crippen molar-refractivity contribution in [3.63, 3.8) is 0 Å². The maximum atomic E-state index is 12.9. The zero-order valence-electron chi connectivity index (χ0n) is 12.8. The standard InChI is InChI=1S/C16H20N4O2/c1-10-14(15(17)19(2)18-10)16(22)20-8-7-11-5-3-4-6-12(11)13(20)9-21/h3-6,13,21H,7-9,17H2,1-2H3. The third-order valence-corrected chi connectivity index (χ3v) is 4.33. The molecule has 1 aliphatic rings. The first kappa shape index (κ1) is 14.6. The number of aliphatic hydroxyl groups excluding tert-OH is 1. The fourth-order valence-corrected chi connectivity index (χ4v) is 3.18. The van der Waals surface area contributed by atoms with Crippen molar-refractivity contribution in [3.05, 3.63) is 46.6 Å². The van der Waals surface area contributed by atoms with Crippen LogP contribution in [0.4, 0.5) is 5.82 Å². The van der Waals surface area contributed by atoms with Crippen molar-refractivity contribution in [1.82, 2.24) is 14.7 Å². The topological polar surface area (TPSA) is 84.4 Å². The molecule has 0 saturated carbocycles. The SMILES string of the molecule is Cc1nn(C)c(N)c1C(=O)N1CCc2ccccc2C1CO. The molecule has 1 amide bonds. The number of aryl methyl sites for hydroxylation is 2. The molecule has 1 aromatic heterocycles. The van der Waals surface area contributed by atoms with Gasteiger partial charge < -0.3 is 15.7 Å².